The monoisotopic (exact) mass is 238 g/mol. The average Bonchev–Trinajstić information content (AvgIpc) is 2.59. The molecule has 0 atom stereocenters. The van der Waals surface area contributed by atoms with E-state index >= 15 is 0 Å². The van der Waals surface area contributed by atoms with Crippen molar-refractivity contribution in [1.29, 1.82) is 0 Å². The van der Waals surface area contributed by atoms with Crippen molar-refractivity contribution < 1.29 is 4.79 Å². The molecule has 1 rings (SSSR count). The number of carbonyl (C=O) groups is 1. The molecular formula is C12H22N4O. The average molecular weight is 238 g/mol. The Labute approximate surface area is 103 Å². The molecule has 0 aromatic carbocycles. The molecule has 1 amide bonds. The standard InChI is InChI=1S/C12H22N4O/c1-9(2)16-10(3)8-11(14-16)12(17)13-6-7-15(4)5/h8-9H,6-7H2,1-5H3,(H,13,17). The lowest BCUT2D eigenvalue weighted by Gasteiger charge is -2.09. The zero-order valence-electron chi connectivity index (χ0n) is 11.3. The lowest BCUT2D eigenvalue weighted by atomic mass is 10.3. The number of amides is 1. The molecule has 0 aliphatic heterocycles. The van der Waals surface area contributed by atoms with Gasteiger partial charge in [0, 0.05) is 24.8 Å². The third-order valence-corrected chi connectivity index (χ3v) is 2.49. The fraction of sp³-hybridized carbons (Fsp3) is 0.667. The minimum absolute atomic E-state index is 0.102. The largest absolute Gasteiger partial charge is 0.349 e. The Hall–Kier alpha value is -1.36. The van der Waals surface area contributed by atoms with E-state index in [2.05, 4.69) is 10.4 Å². The van der Waals surface area contributed by atoms with Crippen LogP contribution in [0.5, 0.6) is 0 Å². The quantitative estimate of drug-likeness (QED) is 0.834. The Morgan fingerprint density at radius 2 is 2.18 bits per heavy atom. The number of hydrogen-bond donors (Lipinski definition) is 1. The van der Waals surface area contributed by atoms with Crippen molar-refractivity contribution in [3.63, 3.8) is 0 Å². The first-order valence-electron chi connectivity index (χ1n) is 5.91. The van der Waals surface area contributed by atoms with Crippen molar-refractivity contribution in [2.45, 2.75) is 26.8 Å². The van der Waals surface area contributed by atoms with E-state index in [4.69, 9.17) is 0 Å². The maximum Gasteiger partial charge on any atom is 0.271 e. The predicted octanol–water partition coefficient (Wildman–Crippen LogP) is 1.06. The first-order chi connectivity index (χ1) is 7.91. The maximum atomic E-state index is 11.8. The molecule has 1 N–H and O–H groups in total. The molecule has 0 fully saturated rings. The van der Waals surface area contributed by atoms with Crippen LogP contribution in [-0.2, 0) is 0 Å². The minimum Gasteiger partial charge on any atom is -0.349 e. The number of rotatable bonds is 5. The topological polar surface area (TPSA) is 50.2 Å². The van der Waals surface area contributed by atoms with E-state index in [9.17, 15) is 4.79 Å². The second-order valence-electron chi connectivity index (χ2n) is 4.77. The van der Waals surface area contributed by atoms with Crippen molar-refractivity contribution in [3.8, 4) is 0 Å². The highest BCUT2D eigenvalue weighted by atomic mass is 16.1. The molecule has 1 aromatic rings. The molecule has 5 heteroatoms. The number of nitrogens with one attached hydrogen (secondary N) is 1. The van der Waals surface area contributed by atoms with Gasteiger partial charge in [-0.15, -0.1) is 0 Å². The van der Waals surface area contributed by atoms with Gasteiger partial charge < -0.3 is 10.2 Å². The van der Waals surface area contributed by atoms with Crippen LogP contribution in [0.3, 0.4) is 0 Å². The molecule has 17 heavy (non-hydrogen) atoms. The summed E-state index contributed by atoms with van der Waals surface area (Å²) in [6.07, 6.45) is 0. The van der Waals surface area contributed by atoms with Crippen molar-refractivity contribution in [3.05, 3.63) is 17.5 Å². The highest BCUT2D eigenvalue weighted by Gasteiger charge is 2.13. The van der Waals surface area contributed by atoms with Gasteiger partial charge in [-0.25, -0.2) is 0 Å². The summed E-state index contributed by atoms with van der Waals surface area (Å²) in [4.78, 5) is 13.8. The number of carbonyl (C=O) groups excluding carboxylic acids is 1. The fourth-order valence-electron chi connectivity index (χ4n) is 1.61. The zero-order chi connectivity index (χ0) is 13.0. The highest BCUT2D eigenvalue weighted by molar-refractivity contribution is 5.92. The maximum absolute atomic E-state index is 11.8. The number of hydrogen-bond acceptors (Lipinski definition) is 3. The number of aryl methyl sites for hydroxylation is 1. The van der Waals surface area contributed by atoms with Crippen LogP contribution in [0, 0.1) is 6.92 Å². The van der Waals surface area contributed by atoms with E-state index in [-0.39, 0.29) is 11.9 Å². The third-order valence-electron chi connectivity index (χ3n) is 2.49. The van der Waals surface area contributed by atoms with Crippen molar-refractivity contribution in [2.24, 2.45) is 0 Å². The Bertz CT molecular complexity index is 382. The third kappa shape index (κ3) is 3.85. The fourth-order valence-corrected chi connectivity index (χ4v) is 1.61. The molecule has 0 unspecified atom stereocenters. The van der Waals surface area contributed by atoms with E-state index in [0.717, 1.165) is 12.2 Å². The van der Waals surface area contributed by atoms with E-state index in [0.29, 0.717) is 12.2 Å². The predicted molar refractivity (Wildman–Crippen MR) is 68.2 cm³/mol. The summed E-state index contributed by atoms with van der Waals surface area (Å²) in [5, 5.41) is 7.15. The zero-order valence-corrected chi connectivity index (χ0v) is 11.3. The van der Waals surface area contributed by atoms with Crippen LogP contribution in [0.4, 0.5) is 0 Å². The molecule has 0 saturated heterocycles. The number of nitrogens with zero attached hydrogens (tertiary/aromatic N) is 3. The lowest BCUT2D eigenvalue weighted by molar-refractivity contribution is 0.0945. The Morgan fingerprint density at radius 1 is 1.53 bits per heavy atom. The summed E-state index contributed by atoms with van der Waals surface area (Å²) in [6, 6.07) is 2.10. The van der Waals surface area contributed by atoms with Gasteiger partial charge in [-0.1, -0.05) is 0 Å². The summed E-state index contributed by atoms with van der Waals surface area (Å²) in [6.45, 7) is 7.53. The molecule has 5 nitrogen and oxygen atoms in total. The molecular weight excluding hydrogens is 216 g/mol. The van der Waals surface area contributed by atoms with Gasteiger partial charge in [0.25, 0.3) is 5.91 Å². The van der Waals surface area contributed by atoms with Crippen LogP contribution >= 0.6 is 0 Å². The van der Waals surface area contributed by atoms with E-state index in [1.807, 2.05) is 50.5 Å². The van der Waals surface area contributed by atoms with Crippen molar-refractivity contribution in [2.75, 3.05) is 27.2 Å². The Balaban J connectivity index is 2.60. The molecule has 0 saturated carbocycles. The summed E-state index contributed by atoms with van der Waals surface area (Å²) in [5.74, 6) is -0.102. The summed E-state index contributed by atoms with van der Waals surface area (Å²) in [5.41, 5.74) is 1.51. The van der Waals surface area contributed by atoms with Gasteiger partial charge in [-0.05, 0) is 40.9 Å². The molecule has 0 radical (unpaired) electrons. The smallest absolute Gasteiger partial charge is 0.271 e. The summed E-state index contributed by atoms with van der Waals surface area (Å²) >= 11 is 0. The van der Waals surface area contributed by atoms with E-state index in [1.165, 1.54) is 0 Å². The van der Waals surface area contributed by atoms with Crippen LogP contribution < -0.4 is 5.32 Å². The summed E-state index contributed by atoms with van der Waals surface area (Å²) < 4.78 is 1.86. The number of aromatic nitrogens is 2. The Morgan fingerprint density at radius 3 is 2.65 bits per heavy atom. The molecule has 0 aliphatic rings. The van der Waals surface area contributed by atoms with Gasteiger partial charge in [-0.3, -0.25) is 9.48 Å². The van der Waals surface area contributed by atoms with Gasteiger partial charge in [-0.2, -0.15) is 5.10 Å². The van der Waals surface area contributed by atoms with Crippen LogP contribution in [0.25, 0.3) is 0 Å². The van der Waals surface area contributed by atoms with Gasteiger partial charge in [0.05, 0.1) is 0 Å². The second-order valence-corrected chi connectivity index (χ2v) is 4.77. The SMILES string of the molecule is Cc1cc(C(=O)NCCN(C)C)nn1C(C)C. The molecule has 0 bridgehead atoms. The Kier molecular flexibility index (Phi) is 4.69. The van der Waals surface area contributed by atoms with E-state index in [1.54, 1.807) is 0 Å². The molecule has 1 heterocycles. The van der Waals surface area contributed by atoms with Gasteiger partial charge in [0.1, 0.15) is 5.69 Å². The van der Waals surface area contributed by atoms with Crippen LogP contribution in [0.15, 0.2) is 6.07 Å². The highest BCUT2D eigenvalue weighted by Crippen LogP contribution is 2.09. The molecule has 0 spiro atoms. The summed E-state index contributed by atoms with van der Waals surface area (Å²) in [7, 11) is 3.95. The normalized spacial score (nSPS) is 11.2. The second kappa shape index (κ2) is 5.82. The minimum atomic E-state index is -0.102. The van der Waals surface area contributed by atoms with E-state index < -0.39 is 0 Å². The van der Waals surface area contributed by atoms with Crippen LogP contribution in [-0.4, -0.2) is 47.8 Å². The van der Waals surface area contributed by atoms with Crippen molar-refractivity contribution in [1.82, 2.24) is 20.0 Å². The number of likely N-dealkylation sites (N-methyl/N-ethyl adjacent to an activating group) is 1. The molecule has 0 aliphatic carbocycles. The molecule has 1 aromatic heterocycles. The first-order valence-corrected chi connectivity index (χ1v) is 5.91. The van der Waals surface area contributed by atoms with Crippen LogP contribution in [0.2, 0.25) is 0 Å². The van der Waals surface area contributed by atoms with Crippen LogP contribution in [0.1, 0.15) is 36.1 Å². The van der Waals surface area contributed by atoms with Crippen molar-refractivity contribution >= 4 is 5.91 Å². The lowest BCUT2D eigenvalue weighted by Crippen LogP contribution is -2.31. The molecule has 96 valence electrons. The van der Waals surface area contributed by atoms with Gasteiger partial charge in [0.2, 0.25) is 0 Å². The first kappa shape index (κ1) is 13.7. The van der Waals surface area contributed by atoms with Gasteiger partial charge in [0.15, 0.2) is 0 Å². The van der Waals surface area contributed by atoms with Gasteiger partial charge >= 0.3 is 0 Å².